The van der Waals surface area contributed by atoms with Gasteiger partial charge in [0.2, 0.25) is 0 Å². The molecule has 66 valence electrons. The van der Waals surface area contributed by atoms with Crippen LogP contribution in [0.15, 0.2) is 24.3 Å². The first-order valence-corrected chi connectivity index (χ1v) is 4.62. The lowest BCUT2D eigenvalue weighted by atomic mass is 10.2. The Morgan fingerprint density at radius 2 is 2.25 bits per heavy atom. The Balaban J connectivity index is 2.63. The molecule has 0 spiro atoms. The number of anilines is 1. The molecule has 0 bridgehead atoms. The summed E-state index contributed by atoms with van der Waals surface area (Å²) in [6, 6.07) is 8.30. The van der Waals surface area contributed by atoms with Crippen LogP contribution in [0.2, 0.25) is 5.02 Å². The number of halogens is 1. The zero-order valence-corrected chi connectivity index (χ0v) is 8.23. The first-order valence-electron chi connectivity index (χ1n) is 4.24. The van der Waals surface area contributed by atoms with E-state index in [0.29, 0.717) is 6.04 Å². The van der Waals surface area contributed by atoms with Crippen LogP contribution in [-0.2, 0) is 0 Å². The Morgan fingerprint density at radius 3 is 2.83 bits per heavy atom. The van der Waals surface area contributed by atoms with Gasteiger partial charge in [0.05, 0.1) is 0 Å². The van der Waals surface area contributed by atoms with Crippen molar-refractivity contribution in [1.29, 1.82) is 0 Å². The predicted molar refractivity (Wildman–Crippen MR) is 54.8 cm³/mol. The van der Waals surface area contributed by atoms with Gasteiger partial charge in [0, 0.05) is 16.8 Å². The van der Waals surface area contributed by atoms with Crippen molar-refractivity contribution in [2.75, 3.05) is 5.32 Å². The van der Waals surface area contributed by atoms with Gasteiger partial charge in [-0.1, -0.05) is 24.6 Å². The van der Waals surface area contributed by atoms with Gasteiger partial charge in [-0.3, -0.25) is 0 Å². The average Bonchev–Trinajstić information content (AvgIpc) is 2.04. The van der Waals surface area contributed by atoms with Crippen LogP contribution in [-0.4, -0.2) is 6.04 Å². The van der Waals surface area contributed by atoms with Gasteiger partial charge in [-0.25, -0.2) is 0 Å². The molecule has 0 aliphatic heterocycles. The lowest BCUT2D eigenvalue weighted by molar-refractivity contribution is 0.764. The highest BCUT2D eigenvalue weighted by molar-refractivity contribution is 6.30. The third-order valence-electron chi connectivity index (χ3n) is 1.85. The molecule has 0 radical (unpaired) electrons. The van der Waals surface area contributed by atoms with E-state index in [0.717, 1.165) is 17.1 Å². The SMILES string of the molecule is CC[C@@H](C)Nc1cccc(Cl)c1. The van der Waals surface area contributed by atoms with Gasteiger partial charge in [-0.05, 0) is 31.5 Å². The highest BCUT2D eigenvalue weighted by atomic mass is 35.5. The minimum atomic E-state index is 0.503. The summed E-state index contributed by atoms with van der Waals surface area (Å²) in [4.78, 5) is 0. The summed E-state index contributed by atoms with van der Waals surface area (Å²) in [5.41, 5.74) is 1.09. The lowest BCUT2D eigenvalue weighted by Crippen LogP contribution is -2.12. The van der Waals surface area contributed by atoms with E-state index < -0.39 is 0 Å². The van der Waals surface area contributed by atoms with Crippen LogP contribution in [0.1, 0.15) is 20.3 Å². The van der Waals surface area contributed by atoms with E-state index in [4.69, 9.17) is 11.6 Å². The highest BCUT2D eigenvalue weighted by Crippen LogP contribution is 2.15. The molecule has 1 nitrogen and oxygen atoms in total. The number of nitrogens with one attached hydrogen (secondary N) is 1. The summed E-state index contributed by atoms with van der Waals surface area (Å²) in [5.74, 6) is 0. The first-order chi connectivity index (χ1) is 5.72. The van der Waals surface area contributed by atoms with Gasteiger partial charge >= 0.3 is 0 Å². The molecule has 0 fully saturated rings. The van der Waals surface area contributed by atoms with Gasteiger partial charge < -0.3 is 5.32 Å². The van der Waals surface area contributed by atoms with Crippen LogP contribution in [0, 0.1) is 0 Å². The number of hydrogen-bond donors (Lipinski definition) is 1. The topological polar surface area (TPSA) is 12.0 Å². The van der Waals surface area contributed by atoms with E-state index in [2.05, 4.69) is 19.2 Å². The monoisotopic (exact) mass is 183 g/mol. The molecule has 0 saturated heterocycles. The van der Waals surface area contributed by atoms with Crippen LogP contribution in [0.4, 0.5) is 5.69 Å². The van der Waals surface area contributed by atoms with Crippen LogP contribution in [0.3, 0.4) is 0 Å². The maximum Gasteiger partial charge on any atom is 0.0426 e. The standard InChI is InChI=1S/C10H14ClN/c1-3-8(2)12-10-6-4-5-9(11)7-10/h4-8,12H,3H2,1-2H3/t8-/m1/s1. The van der Waals surface area contributed by atoms with Gasteiger partial charge in [0.15, 0.2) is 0 Å². The van der Waals surface area contributed by atoms with Gasteiger partial charge in [-0.2, -0.15) is 0 Å². The Bertz CT molecular complexity index is 247. The summed E-state index contributed by atoms with van der Waals surface area (Å²) in [7, 11) is 0. The lowest BCUT2D eigenvalue weighted by Gasteiger charge is -2.12. The van der Waals surface area contributed by atoms with Crippen molar-refractivity contribution in [1.82, 2.24) is 0 Å². The van der Waals surface area contributed by atoms with Crippen molar-refractivity contribution in [2.45, 2.75) is 26.3 Å². The molecule has 0 saturated carbocycles. The molecule has 1 rings (SSSR count). The molecule has 1 atom stereocenters. The molecular formula is C10H14ClN. The molecule has 0 aliphatic rings. The smallest absolute Gasteiger partial charge is 0.0426 e. The summed E-state index contributed by atoms with van der Waals surface area (Å²) < 4.78 is 0. The van der Waals surface area contributed by atoms with E-state index >= 15 is 0 Å². The Labute approximate surface area is 78.7 Å². The summed E-state index contributed by atoms with van der Waals surface area (Å²) in [6.07, 6.45) is 1.12. The fraction of sp³-hybridized carbons (Fsp3) is 0.400. The number of hydrogen-bond acceptors (Lipinski definition) is 1. The van der Waals surface area contributed by atoms with Crippen LogP contribution in [0.5, 0.6) is 0 Å². The van der Waals surface area contributed by atoms with E-state index in [1.165, 1.54) is 0 Å². The number of rotatable bonds is 3. The molecule has 2 heteroatoms. The molecule has 0 amide bonds. The summed E-state index contributed by atoms with van der Waals surface area (Å²) >= 11 is 5.83. The van der Waals surface area contributed by atoms with Crippen molar-refractivity contribution >= 4 is 17.3 Å². The van der Waals surface area contributed by atoms with Gasteiger partial charge in [-0.15, -0.1) is 0 Å². The number of benzene rings is 1. The normalized spacial score (nSPS) is 12.6. The molecular weight excluding hydrogens is 170 g/mol. The molecule has 0 unspecified atom stereocenters. The fourth-order valence-electron chi connectivity index (χ4n) is 0.965. The van der Waals surface area contributed by atoms with Crippen molar-refractivity contribution in [3.8, 4) is 0 Å². The Kier molecular flexibility index (Phi) is 3.42. The average molecular weight is 184 g/mol. The van der Waals surface area contributed by atoms with Crippen molar-refractivity contribution in [3.63, 3.8) is 0 Å². The molecule has 0 aromatic heterocycles. The third-order valence-corrected chi connectivity index (χ3v) is 2.09. The van der Waals surface area contributed by atoms with E-state index in [1.807, 2.05) is 24.3 Å². The first kappa shape index (κ1) is 9.40. The minimum absolute atomic E-state index is 0.503. The molecule has 0 heterocycles. The molecule has 1 aromatic rings. The van der Waals surface area contributed by atoms with E-state index in [-0.39, 0.29) is 0 Å². The van der Waals surface area contributed by atoms with Crippen molar-refractivity contribution in [3.05, 3.63) is 29.3 Å². The zero-order valence-electron chi connectivity index (χ0n) is 7.47. The van der Waals surface area contributed by atoms with Crippen molar-refractivity contribution < 1.29 is 0 Å². The van der Waals surface area contributed by atoms with Crippen LogP contribution < -0.4 is 5.32 Å². The molecule has 1 aromatic carbocycles. The maximum atomic E-state index is 5.83. The van der Waals surface area contributed by atoms with Crippen molar-refractivity contribution in [2.24, 2.45) is 0 Å². The Morgan fingerprint density at radius 1 is 1.50 bits per heavy atom. The second-order valence-electron chi connectivity index (χ2n) is 2.96. The van der Waals surface area contributed by atoms with E-state index in [9.17, 15) is 0 Å². The maximum absolute atomic E-state index is 5.83. The molecule has 0 aliphatic carbocycles. The second-order valence-corrected chi connectivity index (χ2v) is 3.40. The Hall–Kier alpha value is -0.690. The largest absolute Gasteiger partial charge is 0.383 e. The molecule has 12 heavy (non-hydrogen) atoms. The fourth-order valence-corrected chi connectivity index (χ4v) is 1.16. The predicted octanol–water partition coefficient (Wildman–Crippen LogP) is 3.55. The second kappa shape index (κ2) is 4.36. The van der Waals surface area contributed by atoms with Gasteiger partial charge in [0.1, 0.15) is 0 Å². The minimum Gasteiger partial charge on any atom is -0.383 e. The van der Waals surface area contributed by atoms with Gasteiger partial charge in [0.25, 0.3) is 0 Å². The summed E-state index contributed by atoms with van der Waals surface area (Å²) in [5, 5.41) is 4.13. The quantitative estimate of drug-likeness (QED) is 0.756. The van der Waals surface area contributed by atoms with E-state index in [1.54, 1.807) is 0 Å². The van der Waals surface area contributed by atoms with Crippen LogP contribution in [0.25, 0.3) is 0 Å². The summed E-state index contributed by atoms with van der Waals surface area (Å²) in [6.45, 7) is 4.31. The highest BCUT2D eigenvalue weighted by Gasteiger charge is 1.97. The zero-order chi connectivity index (χ0) is 8.97. The molecule has 1 N–H and O–H groups in total. The third kappa shape index (κ3) is 2.74. The van der Waals surface area contributed by atoms with Crippen LogP contribution >= 0.6 is 11.6 Å².